The van der Waals surface area contributed by atoms with Gasteiger partial charge in [0.1, 0.15) is 0 Å². The molecule has 4 rings (SSSR count). The highest BCUT2D eigenvalue weighted by Gasteiger charge is 2.28. The number of oxazole rings is 1. The third-order valence-corrected chi connectivity index (χ3v) is 4.63. The molecule has 0 bridgehead atoms. The van der Waals surface area contributed by atoms with Gasteiger partial charge in [-0.25, -0.2) is 4.98 Å². The first-order valence-electron chi connectivity index (χ1n) is 7.67. The second-order valence-electron chi connectivity index (χ2n) is 5.62. The van der Waals surface area contributed by atoms with E-state index in [0.717, 1.165) is 11.4 Å². The molecule has 1 aliphatic carbocycles. The van der Waals surface area contributed by atoms with Crippen molar-refractivity contribution in [3.05, 3.63) is 53.6 Å². The van der Waals surface area contributed by atoms with Crippen LogP contribution in [0.5, 0.6) is 0 Å². The first kappa shape index (κ1) is 15.0. The Morgan fingerprint density at radius 1 is 1.17 bits per heavy atom. The number of nitriles is 1. The van der Waals surface area contributed by atoms with Crippen molar-refractivity contribution in [2.24, 2.45) is 0 Å². The molecule has 24 heavy (non-hydrogen) atoms. The van der Waals surface area contributed by atoms with E-state index in [1.54, 1.807) is 30.1 Å². The summed E-state index contributed by atoms with van der Waals surface area (Å²) in [6.45, 7) is 0. The molecule has 1 saturated carbocycles. The van der Waals surface area contributed by atoms with Crippen LogP contribution in [0.25, 0.3) is 11.3 Å². The Morgan fingerprint density at radius 2 is 1.96 bits per heavy atom. The van der Waals surface area contributed by atoms with Gasteiger partial charge in [0.05, 0.1) is 29.3 Å². The quantitative estimate of drug-likeness (QED) is 0.673. The zero-order valence-corrected chi connectivity index (χ0v) is 13.6. The molecule has 0 aliphatic heterocycles. The third kappa shape index (κ3) is 3.34. The highest BCUT2D eigenvalue weighted by molar-refractivity contribution is 7.97. The lowest BCUT2D eigenvalue weighted by atomic mass is 10.1. The maximum absolute atomic E-state index is 8.82. The Bertz CT molecular complexity index is 875. The fourth-order valence-corrected chi connectivity index (χ4v) is 2.98. The van der Waals surface area contributed by atoms with Gasteiger partial charge in [0.25, 0.3) is 0 Å². The predicted molar refractivity (Wildman–Crippen MR) is 87.9 cm³/mol. The Balaban J connectivity index is 1.33. The molecule has 7 heteroatoms. The van der Waals surface area contributed by atoms with Crippen molar-refractivity contribution in [1.82, 2.24) is 15.1 Å². The smallest absolute Gasteiger partial charge is 0.236 e. The molecule has 2 heterocycles. The summed E-state index contributed by atoms with van der Waals surface area (Å²) in [7, 11) is 0. The van der Waals surface area contributed by atoms with E-state index in [1.165, 1.54) is 12.8 Å². The SMILES string of the molecule is N#Cc1ccc(-c2cnc(CSCc3nc(C4CC4)no3)o2)cc1. The molecule has 6 nitrogen and oxygen atoms in total. The van der Waals surface area contributed by atoms with Crippen LogP contribution in [0.3, 0.4) is 0 Å². The molecular formula is C17H14N4O2S. The van der Waals surface area contributed by atoms with Crippen molar-refractivity contribution in [3.8, 4) is 17.4 Å². The van der Waals surface area contributed by atoms with Gasteiger partial charge in [-0.3, -0.25) is 0 Å². The number of nitrogens with zero attached hydrogens (tertiary/aromatic N) is 4. The molecule has 1 aromatic carbocycles. The second kappa shape index (κ2) is 6.49. The van der Waals surface area contributed by atoms with Crippen molar-refractivity contribution < 1.29 is 8.94 Å². The van der Waals surface area contributed by atoms with Crippen molar-refractivity contribution in [2.75, 3.05) is 0 Å². The van der Waals surface area contributed by atoms with Crippen LogP contribution in [0.1, 0.15) is 41.9 Å². The summed E-state index contributed by atoms with van der Waals surface area (Å²) in [5.41, 5.74) is 1.53. The largest absolute Gasteiger partial charge is 0.440 e. The summed E-state index contributed by atoms with van der Waals surface area (Å²) in [5, 5.41) is 12.8. The van der Waals surface area contributed by atoms with Crippen molar-refractivity contribution >= 4 is 11.8 Å². The third-order valence-electron chi connectivity index (χ3n) is 3.73. The summed E-state index contributed by atoms with van der Waals surface area (Å²) < 4.78 is 11.0. The van der Waals surface area contributed by atoms with Crippen molar-refractivity contribution in [1.29, 1.82) is 5.26 Å². The van der Waals surface area contributed by atoms with Crippen LogP contribution in [0.4, 0.5) is 0 Å². The number of rotatable bonds is 6. The van der Waals surface area contributed by atoms with Gasteiger partial charge in [0.2, 0.25) is 11.8 Å². The van der Waals surface area contributed by atoms with Crippen LogP contribution < -0.4 is 0 Å². The Morgan fingerprint density at radius 3 is 2.71 bits per heavy atom. The normalized spacial score (nSPS) is 13.8. The number of hydrogen-bond donors (Lipinski definition) is 0. The van der Waals surface area contributed by atoms with Gasteiger partial charge >= 0.3 is 0 Å². The van der Waals surface area contributed by atoms with Gasteiger partial charge in [-0.2, -0.15) is 10.2 Å². The Labute approximate surface area is 142 Å². The topological polar surface area (TPSA) is 88.7 Å². The molecule has 0 atom stereocenters. The summed E-state index contributed by atoms with van der Waals surface area (Å²) in [5.74, 6) is 4.64. The van der Waals surface area contributed by atoms with Crippen LogP contribution in [0.2, 0.25) is 0 Å². The molecule has 0 amide bonds. The monoisotopic (exact) mass is 338 g/mol. The maximum atomic E-state index is 8.82. The van der Waals surface area contributed by atoms with Gasteiger partial charge in [-0.05, 0) is 37.1 Å². The van der Waals surface area contributed by atoms with Gasteiger partial charge < -0.3 is 8.94 Å². The predicted octanol–water partition coefficient (Wildman–Crippen LogP) is 3.91. The minimum absolute atomic E-state index is 0.509. The maximum Gasteiger partial charge on any atom is 0.236 e. The number of thioether (sulfide) groups is 1. The minimum atomic E-state index is 0.509. The zero-order valence-electron chi connectivity index (χ0n) is 12.8. The van der Waals surface area contributed by atoms with E-state index in [2.05, 4.69) is 21.2 Å². The first-order chi connectivity index (χ1) is 11.8. The van der Waals surface area contributed by atoms with Crippen LogP contribution in [-0.2, 0) is 11.5 Å². The molecule has 0 spiro atoms. The lowest BCUT2D eigenvalue weighted by molar-refractivity contribution is 0.385. The van der Waals surface area contributed by atoms with Crippen LogP contribution >= 0.6 is 11.8 Å². The first-order valence-corrected chi connectivity index (χ1v) is 8.83. The minimum Gasteiger partial charge on any atom is -0.440 e. The van der Waals surface area contributed by atoms with Crippen molar-refractivity contribution in [3.63, 3.8) is 0 Å². The lowest BCUT2D eigenvalue weighted by Crippen LogP contribution is -1.85. The van der Waals surface area contributed by atoms with E-state index in [0.29, 0.717) is 40.5 Å². The molecule has 120 valence electrons. The molecular weight excluding hydrogens is 324 g/mol. The summed E-state index contributed by atoms with van der Waals surface area (Å²) >= 11 is 1.62. The highest BCUT2D eigenvalue weighted by atomic mass is 32.2. The van der Waals surface area contributed by atoms with E-state index < -0.39 is 0 Å². The van der Waals surface area contributed by atoms with E-state index in [4.69, 9.17) is 14.2 Å². The molecule has 2 aromatic heterocycles. The van der Waals surface area contributed by atoms with Gasteiger partial charge in [0, 0.05) is 11.5 Å². The fraction of sp³-hybridized carbons (Fsp3) is 0.294. The van der Waals surface area contributed by atoms with Gasteiger partial charge in [-0.1, -0.05) is 5.16 Å². The lowest BCUT2D eigenvalue weighted by Gasteiger charge is -1.96. The average molecular weight is 338 g/mol. The molecule has 1 fully saturated rings. The van der Waals surface area contributed by atoms with Crippen molar-refractivity contribution in [2.45, 2.75) is 30.3 Å². The summed E-state index contributed by atoms with van der Waals surface area (Å²) in [6, 6.07) is 9.33. The molecule has 0 radical (unpaired) electrons. The molecule has 0 N–H and O–H groups in total. The number of aromatic nitrogens is 3. The number of hydrogen-bond acceptors (Lipinski definition) is 7. The number of benzene rings is 1. The average Bonchev–Trinajstić information content (AvgIpc) is 3.18. The molecule has 0 saturated heterocycles. The van der Waals surface area contributed by atoms with Gasteiger partial charge in [-0.15, -0.1) is 11.8 Å². The van der Waals surface area contributed by atoms with Gasteiger partial charge in [0.15, 0.2) is 11.6 Å². The van der Waals surface area contributed by atoms with E-state index in [-0.39, 0.29) is 0 Å². The zero-order chi connectivity index (χ0) is 16.4. The molecule has 1 aliphatic rings. The van der Waals surface area contributed by atoms with Crippen LogP contribution in [0.15, 0.2) is 39.4 Å². The second-order valence-corrected chi connectivity index (χ2v) is 6.61. The fourth-order valence-electron chi connectivity index (χ4n) is 2.28. The van der Waals surface area contributed by atoms with Crippen LogP contribution in [0, 0.1) is 11.3 Å². The Hall–Kier alpha value is -2.59. The van der Waals surface area contributed by atoms with E-state index >= 15 is 0 Å². The van der Waals surface area contributed by atoms with E-state index in [1.807, 2.05) is 12.1 Å². The molecule has 0 unspecified atom stereocenters. The Kier molecular flexibility index (Phi) is 4.05. The van der Waals surface area contributed by atoms with Crippen LogP contribution in [-0.4, -0.2) is 15.1 Å². The highest BCUT2D eigenvalue weighted by Crippen LogP contribution is 2.38. The standard InChI is InChI=1S/C17H14N4O2S/c18-7-11-1-3-12(4-2-11)14-8-19-15(22-14)9-24-10-16-20-17(21-23-16)13-5-6-13/h1-4,8,13H,5-6,9-10H2. The molecule has 3 aromatic rings. The summed E-state index contributed by atoms with van der Waals surface area (Å²) in [4.78, 5) is 8.69. The van der Waals surface area contributed by atoms with E-state index in [9.17, 15) is 0 Å². The summed E-state index contributed by atoms with van der Waals surface area (Å²) in [6.07, 6.45) is 4.04.